The fourth-order valence-electron chi connectivity index (χ4n) is 1.72. The third-order valence-electron chi connectivity index (χ3n) is 2.74. The van der Waals surface area contributed by atoms with E-state index >= 15 is 0 Å². The quantitative estimate of drug-likeness (QED) is 0.653. The molecule has 0 spiro atoms. The molecule has 1 saturated heterocycles. The molecule has 0 aromatic carbocycles. The van der Waals surface area contributed by atoms with Gasteiger partial charge in [0.25, 0.3) is 0 Å². The van der Waals surface area contributed by atoms with Crippen molar-refractivity contribution in [2.24, 2.45) is 0 Å². The number of hydrogen-bond donors (Lipinski definition) is 2. The zero-order valence-electron chi connectivity index (χ0n) is 10.6. The minimum absolute atomic E-state index is 0.0654. The zero-order chi connectivity index (χ0) is 14.3. The lowest BCUT2D eigenvalue weighted by molar-refractivity contribution is -0.137. The topological polar surface area (TPSA) is 90.3 Å². The third kappa shape index (κ3) is 5.84. The second kappa shape index (κ2) is 7.90. The molecule has 1 heterocycles. The van der Waals surface area contributed by atoms with E-state index in [1.54, 1.807) is 4.90 Å². The molecule has 0 saturated carbocycles. The van der Waals surface area contributed by atoms with Crippen LogP contribution in [0.5, 0.6) is 0 Å². The van der Waals surface area contributed by atoms with Crippen molar-refractivity contribution in [2.45, 2.75) is 12.8 Å². The lowest BCUT2D eigenvalue weighted by atomic mass is 10.3. The van der Waals surface area contributed by atoms with Crippen LogP contribution in [-0.4, -0.2) is 76.5 Å². The van der Waals surface area contributed by atoms with Gasteiger partial charge in [0, 0.05) is 26.2 Å². The van der Waals surface area contributed by atoms with Gasteiger partial charge in [0.2, 0.25) is 0 Å². The summed E-state index contributed by atoms with van der Waals surface area (Å²) in [5.41, 5.74) is 0. The number of carboxylic acid groups (broad SMARTS) is 2. The third-order valence-corrected chi connectivity index (χ3v) is 3.26. The van der Waals surface area contributed by atoms with E-state index in [1.807, 2.05) is 4.90 Å². The Labute approximate surface area is 116 Å². The Bertz CT molecular complexity index is 326. The van der Waals surface area contributed by atoms with Gasteiger partial charge < -0.3 is 24.7 Å². The first-order valence-electron chi connectivity index (χ1n) is 6.06. The Kier molecular flexibility index (Phi) is 6.51. The Hall–Kier alpha value is -1.41. The van der Waals surface area contributed by atoms with Crippen LogP contribution in [0.25, 0.3) is 0 Å². The van der Waals surface area contributed by atoms with E-state index in [4.69, 9.17) is 27.2 Å². The molecule has 1 aliphatic heterocycles. The largest absolute Gasteiger partial charge is 0.481 e. The van der Waals surface area contributed by atoms with Crippen molar-refractivity contribution < 1.29 is 24.5 Å². The maximum Gasteiger partial charge on any atom is 0.305 e. The molecule has 7 nitrogen and oxygen atoms in total. The first-order valence-corrected chi connectivity index (χ1v) is 6.46. The molecule has 108 valence electrons. The second-order valence-electron chi connectivity index (χ2n) is 4.16. The van der Waals surface area contributed by atoms with Crippen LogP contribution in [0.3, 0.4) is 0 Å². The average Bonchev–Trinajstić information content (AvgIpc) is 2.38. The standard InChI is InChI=1S/C11H18N2O5S/c14-9(15)1-3-12(4-2-10(16)17)11(19)13-5-7-18-8-6-13/h1-8H2,(H,14,15)(H,16,17). The van der Waals surface area contributed by atoms with Gasteiger partial charge in [0.15, 0.2) is 5.11 Å². The summed E-state index contributed by atoms with van der Waals surface area (Å²) in [6.45, 7) is 2.89. The van der Waals surface area contributed by atoms with Crippen molar-refractivity contribution in [2.75, 3.05) is 39.4 Å². The van der Waals surface area contributed by atoms with Crippen LogP contribution in [0, 0.1) is 0 Å². The Morgan fingerprint density at radius 2 is 1.58 bits per heavy atom. The number of hydrogen-bond acceptors (Lipinski definition) is 4. The van der Waals surface area contributed by atoms with Crippen LogP contribution >= 0.6 is 12.2 Å². The number of nitrogens with zero attached hydrogens (tertiary/aromatic N) is 2. The van der Waals surface area contributed by atoms with Crippen molar-refractivity contribution in [1.82, 2.24) is 9.80 Å². The Balaban J connectivity index is 2.55. The molecule has 0 amide bonds. The first kappa shape index (κ1) is 15.6. The highest BCUT2D eigenvalue weighted by atomic mass is 32.1. The van der Waals surface area contributed by atoms with Crippen molar-refractivity contribution >= 4 is 29.3 Å². The van der Waals surface area contributed by atoms with Gasteiger partial charge >= 0.3 is 11.9 Å². The lowest BCUT2D eigenvalue weighted by Gasteiger charge is -2.35. The van der Waals surface area contributed by atoms with E-state index in [9.17, 15) is 9.59 Å². The smallest absolute Gasteiger partial charge is 0.305 e. The van der Waals surface area contributed by atoms with Gasteiger partial charge in [0.05, 0.1) is 26.1 Å². The van der Waals surface area contributed by atoms with Gasteiger partial charge in [-0.15, -0.1) is 0 Å². The molecular formula is C11H18N2O5S. The van der Waals surface area contributed by atoms with E-state index in [1.165, 1.54) is 0 Å². The SMILES string of the molecule is O=C(O)CCN(CCC(=O)O)C(=S)N1CCOCC1. The van der Waals surface area contributed by atoms with Crippen molar-refractivity contribution in [3.63, 3.8) is 0 Å². The summed E-state index contributed by atoms with van der Waals surface area (Å²) >= 11 is 5.31. The van der Waals surface area contributed by atoms with Crippen LogP contribution in [0.1, 0.15) is 12.8 Å². The van der Waals surface area contributed by atoms with Gasteiger partial charge in [-0.05, 0) is 12.2 Å². The fourth-order valence-corrected chi connectivity index (χ4v) is 2.08. The molecule has 8 heteroatoms. The number of ether oxygens (including phenoxy) is 1. The van der Waals surface area contributed by atoms with Gasteiger partial charge in [-0.3, -0.25) is 9.59 Å². The zero-order valence-corrected chi connectivity index (χ0v) is 11.4. The maximum atomic E-state index is 10.6. The summed E-state index contributed by atoms with van der Waals surface area (Å²) in [6.07, 6.45) is -0.131. The fraction of sp³-hybridized carbons (Fsp3) is 0.727. The normalized spacial score (nSPS) is 15.1. The highest BCUT2D eigenvalue weighted by Crippen LogP contribution is 2.06. The molecule has 0 atom stereocenters. The molecule has 0 radical (unpaired) electrons. The second-order valence-corrected chi connectivity index (χ2v) is 4.52. The van der Waals surface area contributed by atoms with Crippen LogP contribution in [0.2, 0.25) is 0 Å². The predicted octanol–water partition coefficient (Wildman–Crippen LogP) is -0.145. The van der Waals surface area contributed by atoms with E-state index in [0.29, 0.717) is 31.4 Å². The maximum absolute atomic E-state index is 10.6. The van der Waals surface area contributed by atoms with Crippen LogP contribution in [0.4, 0.5) is 0 Å². The summed E-state index contributed by atoms with van der Waals surface area (Å²) in [6, 6.07) is 0. The highest BCUT2D eigenvalue weighted by Gasteiger charge is 2.20. The number of rotatable bonds is 6. The minimum Gasteiger partial charge on any atom is -0.481 e. The molecule has 0 aromatic heterocycles. The molecule has 1 aliphatic rings. The van der Waals surface area contributed by atoms with E-state index in [2.05, 4.69) is 0 Å². The lowest BCUT2D eigenvalue weighted by Crippen LogP contribution is -2.49. The van der Waals surface area contributed by atoms with Crippen molar-refractivity contribution in [1.29, 1.82) is 0 Å². The Morgan fingerprint density at radius 1 is 1.11 bits per heavy atom. The van der Waals surface area contributed by atoms with Gasteiger partial charge in [0.1, 0.15) is 0 Å². The summed E-state index contributed by atoms with van der Waals surface area (Å²) in [7, 11) is 0. The molecule has 0 bridgehead atoms. The Morgan fingerprint density at radius 3 is 2.00 bits per heavy atom. The predicted molar refractivity (Wildman–Crippen MR) is 71.1 cm³/mol. The van der Waals surface area contributed by atoms with Crippen LogP contribution in [0.15, 0.2) is 0 Å². The van der Waals surface area contributed by atoms with Gasteiger partial charge in [-0.2, -0.15) is 0 Å². The summed E-state index contributed by atoms with van der Waals surface area (Å²) < 4.78 is 5.22. The molecule has 19 heavy (non-hydrogen) atoms. The number of carboxylic acids is 2. The van der Waals surface area contributed by atoms with Gasteiger partial charge in [-0.25, -0.2) is 0 Å². The van der Waals surface area contributed by atoms with Crippen LogP contribution < -0.4 is 0 Å². The number of thiocarbonyl (C=S) groups is 1. The molecule has 1 rings (SSSR count). The first-order chi connectivity index (χ1) is 9.00. The number of carbonyl (C=O) groups is 2. The van der Waals surface area contributed by atoms with E-state index in [-0.39, 0.29) is 25.9 Å². The summed E-state index contributed by atoms with van der Waals surface area (Å²) in [5.74, 6) is -1.85. The number of aliphatic carboxylic acids is 2. The summed E-state index contributed by atoms with van der Waals surface area (Å²) in [4.78, 5) is 24.8. The van der Waals surface area contributed by atoms with Crippen molar-refractivity contribution in [3.8, 4) is 0 Å². The molecular weight excluding hydrogens is 272 g/mol. The van der Waals surface area contributed by atoms with Gasteiger partial charge in [-0.1, -0.05) is 0 Å². The molecule has 0 aliphatic carbocycles. The molecule has 0 aromatic rings. The number of morpholine rings is 1. The van der Waals surface area contributed by atoms with E-state index in [0.717, 1.165) is 0 Å². The van der Waals surface area contributed by atoms with E-state index < -0.39 is 11.9 Å². The highest BCUT2D eigenvalue weighted by molar-refractivity contribution is 7.80. The molecule has 1 fully saturated rings. The monoisotopic (exact) mass is 290 g/mol. The summed E-state index contributed by atoms with van der Waals surface area (Å²) in [5, 5.41) is 17.9. The molecule has 0 unspecified atom stereocenters. The molecule has 2 N–H and O–H groups in total. The average molecular weight is 290 g/mol. The van der Waals surface area contributed by atoms with Crippen LogP contribution in [-0.2, 0) is 14.3 Å². The minimum atomic E-state index is -0.926. The van der Waals surface area contributed by atoms with Crippen molar-refractivity contribution in [3.05, 3.63) is 0 Å².